The van der Waals surface area contributed by atoms with Gasteiger partial charge in [0.1, 0.15) is 0 Å². The predicted molar refractivity (Wildman–Crippen MR) is 64.4 cm³/mol. The fraction of sp³-hybridized carbons (Fsp3) is 0.917. The minimum absolute atomic E-state index is 0.0522. The lowest BCUT2D eigenvalue weighted by Gasteiger charge is -2.31. The van der Waals surface area contributed by atoms with Crippen molar-refractivity contribution < 1.29 is 9.53 Å². The third-order valence-corrected chi connectivity index (χ3v) is 3.47. The van der Waals surface area contributed by atoms with Gasteiger partial charge in [-0.25, -0.2) is 0 Å². The van der Waals surface area contributed by atoms with Crippen molar-refractivity contribution in [1.29, 1.82) is 0 Å². The first-order valence-corrected chi connectivity index (χ1v) is 6.21. The van der Waals surface area contributed by atoms with E-state index in [0.717, 1.165) is 39.1 Å². The van der Waals surface area contributed by atoms with Gasteiger partial charge >= 0.3 is 0 Å². The monoisotopic (exact) mass is 228 g/mol. The second kappa shape index (κ2) is 6.21. The smallest absolute Gasteiger partial charge is 0.234 e. The van der Waals surface area contributed by atoms with E-state index in [1.807, 2.05) is 0 Å². The third kappa shape index (κ3) is 4.10. The molecule has 1 heterocycles. The maximum Gasteiger partial charge on any atom is 0.234 e. The summed E-state index contributed by atoms with van der Waals surface area (Å²) in [6.07, 6.45) is 1.94. The van der Waals surface area contributed by atoms with Crippen LogP contribution < -0.4 is 5.32 Å². The lowest BCUT2D eigenvalue weighted by molar-refractivity contribution is -0.125. The topological polar surface area (TPSA) is 41.6 Å². The number of nitrogens with one attached hydrogen (secondary N) is 1. The zero-order valence-electron chi connectivity index (χ0n) is 10.7. The molecular weight excluding hydrogens is 204 g/mol. The maximum atomic E-state index is 11.9. The van der Waals surface area contributed by atoms with Crippen LogP contribution in [0.3, 0.4) is 0 Å². The number of ether oxygens (including phenoxy) is 1. The average Bonchev–Trinajstić information content (AvgIpc) is 2.30. The van der Waals surface area contributed by atoms with Crippen molar-refractivity contribution in [2.75, 3.05) is 32.8 Å². The van der Waals surface area contributed by atoms with Gasteiger partial charge in [-0.05, 0) is 19.8 Å². The lowest BCUT2D eigenvalue weighted by atomic mass is 9.95. The number of carbonyl (C=O) groups is 1. The number of hydrogen-bond donors (Lipinski definition) is 1. The van der Waals surface area contributed by atoms with E-state index in [-0.39, 0.29) is 11.4 Å². The Bertz CT molecular complexity index is 221. The molecule has 0 aromatic carbocycles. The van der Waals surface area contributed by atoms with Crippen LogP contribution in [0.1, 0.15) is 33.6 Å². The molecule has 4 heteroatoms. The Morgan fingerprint density at radius 2 is 1.88 bits per heavy atom. The molecule has 1 saturated heterocycles. The molecule has 1 aliphatic rings. The zero-order chi connectivity index (χ0) is 12.0. The first-order chi connectivity index (χ1) is 7.59. The van der Waals surface area contributed by atoms with Crippen LogP contribution in [0.2, 0.25) is 0 Å². The van der Waals surface area contributed by atoms with Crippen LogP contribution >= 0.6 is 0 Å². The van der Waals surface area contributed by atoms with E-state index in [1.165, 1.54) is 0 Å². The highest BCUT2D eigenvalue weighted by atomic mass is 16.5. The molecular formula is C12H24N2O2. The van der Waals surface area contributed by atoms with Crippen molar-refractivity contribution in [2.24, 2.45) is 0 Å². The molecule has 0 aromatic heterocycles. The van der Waals surface area contributed by atoms with Crippen molar-refractivity contribution in [2.45, 2.75) is 39.2 Å². The Kier molecular flexibility index (Phi) is 5.22. The lowest BCUT2D eigenvalue weighted by Crippen LogP contribution is -2.50. The van der Waals surface area contributed by atoms with Crippen molar-refractivity contribution in [3.63, 3.8) is 0 Å². The Morgan fingerprint density at radius 3 is 2.38 bits per heavy atom. The SMILES string of the molecule is CCC(C)(CC)NC(=O)CN1CCOCC1. The molecule has 4 nitrogen and oxygen atoms in total. The van der Waals surface area contributed by atoms with Crippen LogP contribution in [0, 0.1) is 0 Å². The summed E-state index contributed by atoms with van der Waals surface area (Å²) in [6, 6.07) is 0. The summed E-state index contributed by atoms with van der Waals surface area (Å²) >= 11 is 0. The van der Waals surface area contributed by atoms with Crippen LogP contribution in [0.25, 0.3) is 0 Å². The zero-order valence-corrected chi connectivity index (χ0v) is 10.7. The number of rotatable bonds is 5. The molecule has 0 radical (unpaired) electrons. The standard InChI is InChI=1S/C12H24N2O2/c1-4-12(3,5-2)13-11(15)10-14-6-8-16-9-7-14/h4-10H2,1-3H3,(H,13,15). The minimum atomic E-state index is -0.0522. The molecule has 0 bridgehead atoms. The summed E-state index contributed by atoms with van der Waals surface area (Å²) < 4.78 is 5.25. The van der Waals surface area contributed by atoms with Gasteiger partial charge < -0.3 is 10.1 Å². The molecule has 0 saturated carbocycles. The number of nitrogens with zero attached hydrogens (tertiary/aromatic N) is 1. The summed E-state index contributed by atoms with van der Waals surface area (Å²) in [5, 5.41) is 3.12. The van der Waals surface area contributed by atoms with Crippen LogP contribution in [-0.2, 0) is 9.53 Å². The highest BCUT2D eigenvalue weighted by Gasteiger charge is 2.23. The molecule has 0 unspecified atom stereocenters. The van der Waals surface area contributed by atoms with Crippen LogP contribution in [0.4, 0.5) is 0 Å². The molecule has 0 aromatic rings. The molecule has 16 heavy (non-hydrogen) atoms. The van der Waals surface area contributed by atoms with Gasteiger partial charge in [0.15, 0.2) is 0 Å². The van der Waals surface area contributed by atoms with Crippen LogP contribution in [0.15, 0.2) is 0 Å². The van der Waals surface area contributed by atoms with Crippen LogP contribution in [-0.4, -0.2) is 49.2 Å². The highest BCUT2D eigenvalue weighted by molar-refractivity contribution is 5.78. The maximum absolute atomic E-state index is 11.9. The summed E-state index contributed by atoms with van der Waals surface area (Å²) in [6.45, 7) is 10.0. The molecule has 0 aliphatic carbocycles. The van der Waals surface area contributed by atoms with Gasteiger partial charge in [-0.15, -0.1) is 0 Å². The number of amides is 1. The normalized spacial score (nSPS) is 18.4. The molecule has 94 valence electrons. The van der Waals surface area contributed by atoms with E-state index in [2.05, 4.69) is 31.0 Å². The van der Waals surface area contributed by atoms with Gasteiger partial charge in [-0.3, -0.25) is 9.69 Å². The molecule has 1 aliphatic heterocycles. The van der Waals surface area contributed by atoms with Gasteiger partial charge in [0, 0.05) is 18.6 Å². The van der Waals surface area contributed by atoms with E-state index < -0.39 is 0 Å². The second-order valence-electron chi connectivity index (χ2n) is 4.70. The third-order valence-electron chi connectivity index (χ3n) is 3.47. The van der Waals surface area contributed by atoms with Gasteiger partial charge in [-0.1, -0.05) is 13.8 Å². The Labute approximate surface area is 98.3 Å². The Balaban J connectivity index is 2.34. The number of carbonyl (C=O) groups excluding carboxylic acids is 1. The van der Waals surface area contributed by atoms with Gasteiger partial charge in [0.05, 0.1) is 19.8 Å². The molecule has 0 atom stereocenters. The molecule has 1 amide bonds. The van der Waals surface area contributed by atoms with E-state index in [0.29, 0.717) is 6.54 Å². The van der Waals surface area contributed by atoms with E-state index in [1.54, 1.807) is 0 Å². The first kappa shape index (κ1) is 13.5. The van der Waals surface area contributed by atoms with Crippen molar-refractivity contribution in [1.82, 2.24) is 10.2 Å². The fourth-order valence-corrected chi connectivity index (χ4v) is 1.77. The minimum Gasteiger partial charge on any atom is -0.379 e. The van der Waals surface area contributed by atoms with Gasteiger partial charge in [0.25, 0.3) is 0 Å². The number of hydrogen-bond acceptors (Lipinski definition) is 3. The van der Waals surface area contributed by atoms with Crippen molar-refractivity contribution in [3.05, 3.63) is 0 Å². The van der Waals surface area contributed by atoms with Crippen LogP contribution in [0.5, 0.6) is 0 Å². The first-order valence-electron chi connectivity index (χ1n) is 6.21. The van der Waals surface area contributed by atoms with Crippen molar-refractivity contribution in [3.8, 4) is 0 Å². The number of morpholine rings is 1. The second-order valence-corrected chi connectivity index (χ2v) is 4.70. The Hall–Kier alpha value is -0.610. The van der Waals surface area contributed by atoms with Gasteiger partial charge in [-0.2, -0.15) is 0 Å². The molecule has 1 fully saturated rings. The Morgan fingerprint density at radius 1 is 1.31 bits per heavy atom. The van der Waals surface area contributed by atoms with Gasteiger partial charge in [0.2, 0.25) is 5.91 Å². The summed E-state index contributed by atoms with van der Waals surface area (Å²) in [5.41, 5.74) is -0.0522. The van der Waals surface area contributed by atoms with E-state index >= 15 is 0 Å². The van der Waals surface area contributed by atoms with Crippen molar-refractivity contribution >= 4 is 5.91 Å². The fourth-order valence-electron chi connectivity index (χ4n) is 1.77. The predicted octanol–water partition coefficient (Wildman–Crippen LogP) is 1.01. The quantitative estimate of drug-likeness (QED) is 0.763. The highest BCUT2D eigenvalue weighted by Crippen LogP contribution is 2.13. The summed E-state index contributed by atoms with van der Waals surface area (Å²) in [5.74, 6) is 0.133. The summed E-state index contributed by atoms with van der Waals surface area (Å²) in [4.78, 5) is 14.0. The molecule has 1 N–H and O–H groups in total. The molecule has 0 spiro atoms. The average molecular weight is 228 g/mol. The van der Waals surface area contributed by atoms with E-state index in [4.69, 9.17) is 4.74 Å². The summed E-state index contributed by atoms with van der Waals surface area (Å²) in [7, 11) is 0. The van der Waals surface area contributed by atoms with E-state index in [9.17, 15) is 4.79 Å². The largest absolute Gasteiger partial charge is 0.379 e. The molecule has 1 rings (SSSR count).